The van der Waals surface area contributed by atoms with Gasteiger partial charge in [-0.15, -0.1) is 0 Å². The van der Waals surface area contributed by atoms with Crippen molar-refractivity contribution < 1.29 is 4.74 Å². The molecule has 0 aliphatic rings. The summed E-state index contributed by atoms with van der Waals surface area (Å²) in [5.41, 5.74) is 2.51. The third-order valence-corrected chi connectivity index (χ3v) is 5.99. The van der Waals surface area contributed by atoms with E-state index in [2.05, 4.69) is 52.0 Å². The lowest BCUT2D eigenvalue weighted by Crippen LogP contribution is -2.33. The number of hydrogen-bond donors (Lipinski definition) is 0. The van der Waals surface area contributed by atoms with Crippen LogP contribution in [-0.4, -0.2) is 13.2 Å². The lowest BCUT2D eigenvalue weighted by Gasteiger charge is -2.33. The van der Waals surface area contributed by atoms with Crippen LogP contribution in [-0.2, 0) is 15.6 Å². The average Bonchev–Trinajstić information content (AvgIpc) is 2.62. The molecule has 0 amide bonds. The van der Waals surface area contributed by atoms with Crippen molar-refractivity contribution in [2.24, 2.45) is 0 Å². The summed E-state index contributed by atoms with van der Waals surface area (Å²) in [5, 5.41) is 1.54. The molecular weight excluding hydrogens is 351 g/mol. The Labute approximate surface area is 162 Å². The minimum atomic E-state index is -0.0146. The standard InChI is InChI=1S/C22H28Cl2O/c1-5-21(3,17-7-11-19(23)12-8-17)15-25-16-22(4,6-2)18-9-13-20(24)14-10-18/h7-14H,5-6,15-16H2,1-4H3. The molecule has 0 aliphatic carbocycles. The van der Waals surface area contributed by atoms with Gasteiger partial charge in [0.05, 0.1) is 13.2 Å². The van der Waals surface area contributed by atoms with Crippen LogP contribution in [0, 0.1) is 0 Å². The second-order valence-corrected chi connectivity index (χ2v) is 8.21. The van der Waals surface area contributed by atoms with Gasteiger partial charge in [0.1, 0.15) is 0 Å². The molecule has 25 heavy (non-hydrogen) atoms. The van der Waals surface area contributed by atoms with Gasteiger partial charge in [-0.2, -0.15) is 0 Å². The maximum absolute atomic E-state index is 6.25. The van der Waals surface area contributed by atoms with E-state index >= 15 is 0 Å². The van der Waals surface area contributed by atoms with Crippen molar-refractivity contribution in [2.75, 3.05) is 13.2 Å². The van der Waals surface area contributed by atoms with Crippen LogP contribution < -0.4 is 0 Å². The van der Waals surface area contributed by atoms with E-state index in [9.17, 15) is 0 Å². The van der Waals surface area contributed by atoms with Crippen LogP contribution in [0.15, 0.2) is 48.5 Å². The second-order valence-electron chi connectivity index (χ2n) is 7.34. The first-order valence-corrected chi connectivity index (χ1v) is 9.68. The van der Waals surface area contributed by atoms with Gasteiger partial charge in [0, 0.05) is 20.9 Å². The Bertz CT molecular complexity index is 606. The van der Waals surface area contributed by atoms with Crippen LogP contribution in [0.25, 0.3) is 0 Å². The van der Waals surface area contributed by atoms with Crippen molar-refractivity contribution in [3.05, 3.63) is 69.7 Å². The van der Waals surface area contributed by atoms with Gasteiger partial charge in [0.15, 0.2) is 0 Å². The van der Waals surface area contributed by atoms with E-state index in [-0.39, 0.29) is 10.8 Å². The monoisotopic (exact) mass is 378 g/mol. The molecule has 0 saturated carbocycles. The molecule has 0 heterocycles. The van der Waals surface area contributed by atoms with E-state index in [4.69, 9.17) is 27.9 Å². The molecule has 2 atom stereocenters. The van der Waals surface area contributed by atoms with Crippen LogP contribution in [0.4, 0.5) is 0 Å². The largest absolute Gasteiger partial charge is 0.380 e. The van der Waals surface area contributed by atoms with Gasteiger partial charge in [0.25, 0.3) is 0 Å². The molecule has 3 heteroatoms. The van der Waals surface area contributed by atoms with Crippen molar-refractivity contribution in [1.82, 2.24) is 0 Å². The zero-order valence-corrected chi connectivity index (χ0v) is 17.1. The van der Waals surface area contributed by atoms with Gasteiger partial charge < -0.3 is 4.74 Å². The Morgan fingerprint density at radius 2 is 1.00 bits per heavy atom. The number of halogens is 2. The molecule has 2 unspecified atom stereocenters. The summed E-state index contributed by atoms with van der Waals surface area (Å²) >= 11 is 12.1. The van der Waals surface area contributed by atoms with Gasteiger partial charge in [-0.25, -0.2) is 0 Å². The molecule has 0 radical (unpaired) electrons. The topological polar surface area (TPSA) is 9.23 Å². The van der Waals surface area contributed by atoms with Gasteiger partial charge in [-0.1, -0.05) is 75.2 Å². The molecule has 0 aromatic heterocycles. The first-order valence-electron chi connectivity index (χ1n) is 8.93. The Morgan fingerprint density at radius 1 is 0.680 bits per heavy atom. The molecule has 0 saturated heterocycles. The summed E-state index contributed by atoms with van der Waals surface area (Å²) < 4.78 is 6.25. The summed E-state index contributed by atoms with van der Waals surface area (Å²) in [6.07, 6.45) is 2.02. The molecule has 0 N–H and O–H groups in total. The SMILES string of the molecule is CCC(C)(COCC(C)(CC)c1ccc(Cl)cc1)c1ccc(Cl)cc1. The molecule has 0 spiro atoms. The van der Waals surface area contributed by atoms with Gasteiger partial charge in [-0.05, 0) is 48.2 Å². The smallest absolute Gasteiger partial charge is 0.0560 e. The summed E-state index contributed by atoms with van der Waals surface area (Å²) in [4.78, 5) is 0. The first kappa shape index (κ1) is 20.3. The third kappa shape index (κ3) is 5.00. The Balaban J connectivity index is 2.07. The lowest BCUT2D eigenvalue weighted by molar-refractivity contribution is 0.0510. The Hall–Kier alpha value is -1.02. The fourth-order valence-electron chi connectivity index (χ4n) is 2.99. The number of rotatable bonds is 8. The number of hydrogen-bond acceptors (Lipinski definition) is 1. The van der Waals surface area contributed by atoms with E-state index in [1.165, 1.54) is 11.1 Å². The highest BCUT2D eigenvalue weighted by Crippen LogP contribution is 2.32. The number of ether oxygens (including phenoxy) is 1. The minimum Gasteiger partial charge on any atom is -0.380 e. The van der Waals surface area contributed by atoms with Crippen LogP contribution in [0.2, 0.25) is 10.0 Å². The summed E-state index contributed by atoms with van der Waals surface area (Å²) in [6, 6.07) is 16.2. The Morgan fingerprint density at radius 3 is 1.28 bits per heavy atom. The molecule has 0 fully saturated rings. The van der Waals surface area contributed by atoms with Crippen molar-refractivity contribution in [1.29, 1.82) is 0 Å². The molecule has 0 aliphatic heterocycles. The van der Waals surface area contributed by atoms with Crippen molar-refractivity contribution >= 4 is 23.2 Å². The zero-order valence-electron chi connectivity index (χ0n) is 15.6. The van der Waals surface area contributed by atoms with E-state index in [1.807, 2.05) is 24.3 Å². The highest BCUT2D eigenvalue weighted by Gasteiger charge is 2.29. The highest BCUT2D eigenvalue weighted by molar-refractivity contribution is 6.30. The molecular formula is C22H28Cl2O. The fourth-order valence-corrected chi connectivity index (χ4v) is 3.24. The quantitative estimate of drug-likeness (QED) is 0.478. The molecule has 2 aromatic rings. The van der Waals surface area contributed by atoms with Crippen molar-refractivity contribution in [2.45, 2.75) is 51.4 Å². The molecule has 2 aromatic carbocycles. The van der Waals surface area contributed by atoms with Crippen LogP contribution >= 0.6 is 23.2 Å². The lowest BCUT2D eigenvalue weighted by atomic mass is 9.79. The Kier molecular flexibility index (Phi) is 6.96. The first-order chi connectivity index (χ1) is 11.8. The van der Waals surface area contributed by atoms with Crippen LogP contribution in [0.3, 0.4) is 0 Å². The summed E-state index contributed by atoms with van der Waals surface area (Å²) in [7, 11) is 0. The second kappa shape index (κ2) is 8.58. The van der Waals surface area contributed by atoms with E-state index in [0.29, 0.717) is 13.2 Å². The maximum atomic E-state index is 6.25. The molecule has 1 nitrogen and oxygen atoms in total. The van der Waals surface area contributed by atoms with E-state index in [0.717, 1.165) is 22.9 Å². The summed E-state index contributed by atoms with van der Waals surface area (Å²) in [6.45, 7) is 10.3. The van der Waals surface area contributed by atoms with E-state index in [1.54, 1.807) is 0 Å². The van der Waals surface area contributed by atoms with Gasteiger partial charge in [0.2, 0.25) is 0 Å². The molecule has 136 valence electrons. The zero-order chi connectivity index (χ0) is 18.5. The predicted molar refractivity (Wildman–Crippen MR) is 109 cm³/mol. The molecule has 0 bridgehead atoms. The van der Waals surface area contributed by atoms with Crippen LogP contribution in [0.5, 0.6) is 0 Å². The summed E-state index contributed by atoms with van der Waals surface area (Å²) in [5.74, 6) is 0. The van der Waals surface area contributed by atoms with Gasteiger partial charge in [-0.3, -0.25) is 0 Å². The van der Waals surface area contributed by atoms with Crippen LogP contribution in [0.1, 0.15) is 51.7 Å². The predicted octanol–water partition coefficient (Wildman–Crippen LogP) is 7.05. The van der Waals surface area contributed by atoms with Crippen molar-refractivity contribution in [3.63, 3.8) is 0 Å². The fraction of sp³-hybridized carbons (Fsp3) is 0.455. The van der Waals surface area contributed by atoms with Gasteiger partial charge >= 0.3 is 0 Å². The highest BCUT2D eigenvalue weighted by atomic mass is 35.5. The minimum absolute atomic E-state index is 0.0146. The molecule has 2 rings (SSSR count). The normalized spacial score (nSPS) is 16.2. The maximum Gasteiger partial charge on any atom is 0.0560 e. The third-order valence-electron chi connectivity index (χ3n) is 5.48. The van der Waals surface area contributed by atoms with Crippen molar-refractivity contribution in [3.8, 4) is 0 Å². The number of benzene rings is 2. The van der Waals surface area contributed by atoms with E-state index < -0.39 is 0 Å². The average molecular weight is 379 g/mol.